The molecule has 3 heterocycles. The van der Waals surface area contributed by atoms with Gasteiger partial charge in [0.1, 0.15) is 5.75 Å². The number of piperidine rings is 1. The number of rotatable bonds is 1. The number of ether oxygens (including phenoxy) is 1. The fraction of sp³-hybridized carbons (Fsp3) is 0.611. The van der Waals surface area contributed by atoms with E-state index in [1.54, 1.807) is 0 Å². The van der Waals surface area contributed by atoms with Crippen LogP contribution >= 0.6 is 0 Å². The van der Waals surface area contributed by atoms with Crippen molar-refractivity contribution in [2.75, 3.05) is 32.8 Å². The lowest BCUT2D eigenvalue weighted by atomic mass is 9.77. The Kier molecular flexibility index (Phi) is 3.57. The predicted octanol–water partition coefficient (Wildman–Crippen LogP) is 2.15. The molecule has 0 bridgehead atoms. The molecule has 3 aliphatic rings. The molecule has 4 rings (SSSR count). The first-order valence-corrected chi connectivity index (χ1v) is 8.49. The molecule has 1 unspecified atom stereocenters. The summed E-state index contributed by atoms with van der Waals surface area (Å²) in [6, 6.07) is 8.00. The lowest BCUT2D eigenvalue weighted by Crippen LogP contribution is -2.46. The quantitative estimate of drug-likeness (QED) is 0.864. The summed E-state index contributed by atoms with van der Waals surface area (Å²) in [5.74, 6) is 1.18. The van der Waals surface area contributed by atoms with E-state index < -0.39 is 0 Å². The molecule has 4 nitrogen and oxygen atoms in total. The van der Waals surface area contributed by atoms with Crippen molar-refractivity contribution in [1.82, 2.24) is 10.2 Å². The summed E-state index contributed by atoms with van der Waals surface area (Å²) in [5, 5.41) is 3.48. The highest BCUT2D eigenvalue weighted by Crippen LogP contribution is 2.39. The smallest absolute Gasteiger partial charge is 0.230 e. The number of amides is 1. The normalized spacial score (nSPS) is 26.5. The van der Waals surface area contributed by atoms with Crippen LogP contribution < -0.4 is 10.1 Å². The van der Waals surface area contributed by atoms with E-state index in [9.17, 15) is 4.79 Å². The summed E-state index contributed by atoms with van der Waals surface area (Å²) >= 11 is 0. The topological polar surface area (TPSA) is 41.6 Å². The van der Waals surface area contributed by atoms with E-state index in [2.05, 4.69) is 10.2 Å². The van der Waals surface area contributed by atoms with E-state index in [1.165, 1.54) is 6.42 Å². The minimum atomic E-state index is -0.0132. The zero-order valence-electron chi connectivity index (χ0n) is 13.0. The van der Waals surface area contributed by atoms with E-state index in [0.717, 1.165) is 56.8 Å². The number of carbonyl (C=O) groups is 1. The minimum absolute atomic E-state index is 0.0132. The molecule has 0 radical (unpaired) electrons. The second kappa shape index (κ2) is 5.58. The summed E-state index contributed by atoms with van der Waals surface area (Å²) < 4.78 is 5.69. The zero-order chi connectivity index (χ0) is 15.0. The monoisotopic (exact) mass is 300 g/mol. The van der Waals surface area contributed by atoms with Gasteiger partial charge in [0.2, 0.25) is 5.91 Å². The van der Waals surface area contributed by atoms with Gasteiger partial charge in [-0.3, -0.25) is 4.79 Å². The fourth-order valence-electron chi connectivity index (χ4n) is 4.24. The molecule has 0 aliphatic carbocycles. The van der Waals surface area contributed by atoms with Gasteiger partial charge >= 0.3 is 0 Å². The van der Waals surface area contributed by atoms with Crippen molar-refractivity contribution in [3.8, 4) is 5.75 Å². The second-order valence-corrected chi connectivity index (χ2v) is 6.98. The van der Waals surface area contributed by atoms with Gasteiger partial charge in [-0.1, -0.05) is 18.2 Å². The number of likely N-dealkylation sites (tertiary alicyclic amines) is 1. The SMILES string of the molecule is O=C(C1CCOc2ccccc21)N1CCC2(CCNC2)CC1. The van der Waals surface area contributed by atoms with Gasteiger partial charge in [0.25, 0.3) is 0 Å². The third-order valence-electron chi connectivity index (χ3n) is 5.72. The van der Waals surface area contributed by atoms with Crippen LogP contribution in [-0.4, -0.2) is 43.6 Å². The van der Waals surface area contributed by atoms with Crippen LogP contribution in [0.4, 0.5) is 0 Å². The third kappa shape index (κ3) is 2.39. The van der Waals surface area contributed by atoms with Crippen LogP contribution in [0.5, 0.6) is 5.75 Å². The Labute approximate surface area is 131 Å². The van der Waals surface area contributed by atoms with Crippen LogP contribution in [0.1, 0.15) is 37.2 Å². The standard InChI is InChI=1S/C18H24N2O2/c21-17(15-5-12-22-16-4-2-1-3-14(15)16)20-10-7-18(8-11-20)6-9-19-13-18/h1-4,15,19H,5-13H2. The van der Waals surface area contributed by atoms with Crippen molar-refractivity contribution in [1.29, 1.82) is 0 Å². The van der Waals surface area contributed by atoms with Crippen LogP contribution in [0.25, 0.3) is 0 Å². The average molecular weight is 300 g/mol. The number of nitrogens with zero attached hydrogens (tertiary/aromatic N) is 1. The first-order valence-electron chi connectivity index (χ1n) is 8.49. The van der Waals surface area contributed by atoms with Crippen LogP contribution in [0.2, 0.25) is 0 Å². The number of fused-ring (bicyclic) bond motifs is 1. The highest BCUT2D eigenvalue weighted by atomic mass is 16.5. The Morgan fingerprint density at radius 1 is 1.23 bits per heavy atom. The Morgan fingerprint density at radius 2 is 2.05 bits per heavy atom. The van der Waals surface area contributed by atoms with Gasteiger partial charge < -0.3 is 15.0 Å². The molecule has 118 valence electrons. The van der Waals surface area contributed by atoms with Crippen molar-refractivity contribution in [3.05, 3.63) is 29.8 Å². The van der Waals surface area contributed by atoms with Gasteiger partial charge in [0, 0.05) is 25.2 Å². The molecule has 2 fully saturated rings. The van der Waals surface area contributed by atoms with Crippen LogP contribution in [0.3, 0.4) is 0 Å². The average Bonchev–Trinajstić information content (AvgIpc) is 3.02. The first kappa shape index (κ1) is 14.1. The Bertz CT molecular complexity index is 556. The maximum Gasteiger partial charge on any atom is 0.230 e. The molecule has 1 atom stereocenters. The number of para-hydroxylation sites is 1. The summed E-state index contributed by atoms with van der Waals surface area (Å²) in [6.45, 7) is 4.76. The highest BCUT2D eigenvalue weighted by molar-refractivity contribution is 5.85. The molecule has 2 saturated heterocycles. The molecule has 0 saturated carbocycles. The lowest BCUT2D eigenvalue weighted by molar-refractivity contribution is -0.135. The molecule has 3 aliphatic heterocycles. The largest absolute Gasteiger partial charge is 0.493 e. The summed E-state index contributed by atoms with van der Waals surface area (Å²) in [7, 11) is 0. The number of benzene rings is 1. The van der Waals surface area contributed by atoms with Crippen molar-refractivity contribution in [2.24, 2.45) is 5.41 Å². The van der Waals surface area contributed by atoms with E-state index in [4.69, 9.17) is 4.74 Å². The molecule has 22 heavy (non-hydrogen) atoms. The van der Waals surface area contributed by atoms with Crippen LogP contribution in [0.15, 0.2) is 24.3 Å². The molecule has 1 N–H and O–H groups in total. The minimum Gasteiger partial charge on any atom is -0.493 e. The highest BCUT2D eigenvalue weighted by Gasteiger charge is 2.40. The van der Waals surface area contributed by atoms with Crippen LogP contribution in [-0.2, 0) is 4.79 Å². The van der Waals surface area contributed by atoms with Gasteiger partial charge in [-0.05, 0) is 43.7 Å². The summed E-state index contributed by atoms with van der Waals surface area (Å²) in [6.07, 6.45) is 4.38. The van der Waals surface area contributed by atoms with Crippen LogP contribution in [0, 0.1) is 5.41 Å². The molecule has 1 amide bonds. The third-order valence-corrected chi connectivity index (χ3v) is 5.72. The van der Waals surface area contributed by atoms with E-state index in [-0.39, 0.29) is 5.92 Å². The molecule has 1 aromatic carbocycles. The van der Waals surface area contributed by atoms with E-state index in [1.807, 2.05) is 24.3 Å². The number of hydrogen-bond acceptors (Lipinski definition) is 3. The van der Waals surface area contributed by atoms with Crippen molar-refractivity contribution < 1.29 is 9.53 Å². The number of carbonyl (C=O) groups excluding carboxylic acids is 1. The maximum absolute atomic E-state index is 13.0. The van der Waals surface area contributed by atoms with E-state index in [0.29, 0.717) is 17.9 Å². The summed E-state index contributed by atoms with van der Waals surface area (Å²) in [5.41, 5.74) is 1.53. The maximum atomic E-state index is 13.0. The van der Waals surface area contributed by atoms with Gasteiger partial charge in [-0.15, -0.1) is 0 Å². The Morgan fingerprint density at radius 3 is 2.82 bits per heavy atom. The molecule has 0 aromatic heterocycles. The fourth-order valence-corrected chi connectivity index (χ4v) is 4.24. The molecule has 4 heteroatoms. The first-order chi connectivity index (χ1) is 10.8. The van der Waals surface area contributed by atoms with Gasteiger partial charge in [0.05, 0.1) is 12.5 Å². The van der Waals surface area contributed by atoms with Crippen molar-refractivity contribution in [3.63, 3.8) is 0 Å². The second-order valence-electron chi connectivity index (χ2n) is 6.98. The summed E-state index contributed by atoms with van der Waals surface area (Å²) in [4.78, 5) is 15.1. The molecule has 1 spiro atoms. The van der Waals surface area contributed by atoms with Crippen molar-refractivity contribution in [2.45, 2.75) is 31.6 Å². The molecule has 1 aromatic rings. The Hall–Kier alpha value is -1.55. The molecular formula is C18H24N2O2. The molecular weight excluding hydrogens is 276 g/mol. The Balaban J connectivity index is 1.47. The van der Waals surface area contributed by atoms with Gasteiger partial charge in [-0.25, -0.2) is 0 Å². The zero-order valence-corrected chi connectivity index (χ0v) is 13.0. The number of hydrogen-bond donors (Lipinski definition) is 1. The number of nitrogens with one attached hydrogen (secondary N) is 1. The van der Waals surface area contributed by atoms with Gasteiger partial charge in [0.15, 0.2) is 0 Å². The van der Waals surface area contributed by atoms with Crippen molar-refractivity contribution >= 4 is 5.91 Å². The van der Waals surface area contributed by atoms with Gasteiger partial charge in [-0.2, -0.15) is 0 Å². The lowest BCUT2D eigenvalue weighted by Gasteiger charge is -2.40. The van der Waals surface area contributed by atoms with E-state index >= 15 is 0 Å². The predicted molar refractivity (Wildman–Crippen MR) is 85.0 cm³/mol.